The number of nitrogens with zero attached hydrogens (tertiary/aromatic N) is 1. The topological polar surface area (TPSA) is 29.5 Å². The molecule has 0 bridgehead atoms. The molecule has 4 heteroatoms. The summed E-state index contributed by atoms with van der Waals surface area (Å²) in [5.74, 6) is 0.574. The van der Waals surface area contributed by atoms with Crippen molar-refractivity contribution in [3.63, 3.8) is 0 Å². The summed E-state index contributed by atoms with van der Waals surface area (Å²) in [6.45, 7) is 4.67. The fourth-order valence-electron chi connectivity index (χ4n) is 2.02. The second-order valence-electron chi connectivity index (χ2n) is 4.19. The number of ether oxygens (including phenoxy) is 1. The third-order valence-electron chi connectivity index (χ3n) is 2.93. The summed E-state index contributed by atoms with van der Waals surface area (Å²) in [4.78, 5) is 13.6. The van der Waals surface area contributed by atoms with Gasteiger partial charge in [-0.1, -0.05) is 31.0 Å². The Morgan fingerprint density at radius 2 is 2.22 bits per heavy atom. The summed E-state index contributed by atoms with van der Waals surface area (Å²) >= 11 is 6.00. The average Bonchev–Trinajstić information content (AvgIpc) is 2.36. The van der Waals surface area contributed by atoms with Crippen LogP contribution in [0.2, 0.25) is 5.02 Å². The summed E-state index contributed by atoms with van der Waals surface area (Å²) in [5, 5.41) is 0.640. The molecule has 0 N–H and O–H groups in total. The fourth-order valence-corrected chi connectivity index (χ4v) is 2.20. The van der Waals surface area contributed by atoms with Gasteiger partial charge in [-0.25, -0.2) is 4.79 Å². The Bertz CT molecular complexity index is 497. The maximum atomic E-state index is 11.9. The van der Waals surface area contributed by atoms with Crippen LogP contribution in [0.3, 0.4) is 0 Å². The minimum absolute atomic E-state index is 0.314. The molecule has 2 rings (SSSR count). The number of hydrogen-bond acceptors (Lipinski definition) is 2. The summed E-state index contributed by atoms with van der Waals surface area (Å²) < 4.78 is 5.32. The van der Waals surface area contributed by atoms with Crippen molar-refractivity contribution in [1.29, 1.82) is 0 Å². The number of carbonyl (C=O) groups excluding carboxylic acids is 1. The summed E-state index contributed by atoms with van der Waals surface area (Å²) in [7, 11) is 0. The van der Waals surface area contributed by atoms with Crippen molar-refractivity contribution in [2.24, 2.45) is 0 Å². The molecule has 0 fully saturated rings. The second kappa shape index (κ2) is 5.44. The number of fused-ring (bicyclic) bond motifs is 1. The first kappa shape index (κ1) is 13.0. The van der Waals surface area contributed by atoms with Gasteiger partial charge in [0, 0.05) is 17.1 Å². The molecular weight excluding hydrogens is 250 g/mol. The van der Waals surface area contributed by atoms with Crippen molar-refractivity contribution >= 4 is 23.4 Å². The van der Waals surface area contributed by atoms with Crippen LogP contribution in [0.15, 0.2) is 24.3 Å². The largest absolute Gasteiger partial charge is 0.419 e. The van der Waals surface area contributed by atoms with Crippen LogP contribution in [0.1, 0.15) is 32.3 Å². The summed E-state index contributed by atoms with van der Waals surface area (Å²) in [6.07, 6.45) is 3.59. The van der Waals surface area contributed by atoms with E-state index in [1.54, 1.807) is 17.0 Å². The van der Waals surface area contributed by atoms with E-state index in [0.29, 0.717) is 17.3 Å². The lowest BCUT2D eigenvalue weighted by atomic mass is 10.1. The highest BCUT2D eigenvalue weighted by atomic mass is 35.5. The van der Waals surface area contributed by atoms with E-state index >= 15 is 0 Å². The zero-order valence-corrected chi connectivity index (χ0v) is 11.3. The molecule has 3 nitrogen and oxygen atoms in total. The lowest BCUT2D eigenvalue weighted by Gasteiger charge is -2.30. The predicted octanol–water partition coefficient (Wildman–Crippen LogP) is 4.32. The van der Waals surface area contributed by atoms with Gasteiger partial charge in [0.15, 0.2) is 0 Å². The number of hydrogen-bond donors (Lipinski definition) is 0. The predicted molar refractivity (Wildman–Crippen MR) is 72.7 cm³/mol. The molecule has 1 amide bonds. The number of unbranched alkanes of at least 4 members (excludes halogenated alkanes) is 1. The van der Waals surface area contributed by atoms with Gasteiger partial charge in [0.25, 0.3) is 0 Å². The Morgan fingerprint density at radius 1 is 1.44 bits per heavy atom. The van der Waals surface area contributed by atoms with E-state index in [-0.39, 0.29) is 6.09 Å². The Labute approximate surface area is 112 Å². The molecule has 0 atom stereocenters. The third-order valence-corrected chi connectivity index (χ3v) is 3.17. The normalized spacial score (nSPS) is 16.7. The molecule has 18 heavy (non-hydrogen) atoms. The van der Waals surface area contributed by atoms with Gasteiger partial charge in [0.05, 0.1) is 5.70 Å². The highest BCUT2D eigenvalue weighted by Gasteiger charge is 2.28. The third kappa shape index (κ3) is 2.36. The second-order valence-corrected chi connectivity index (χ2v) is 4.62. The summed E-state index contributed by atoms with van der Waals surface area (Å²) in [6, 6.07) is 5.29. The van der Waals surface area contributed by atoms with Crippen LogP contribution in [-0.2, 0) is 0 Å². The van der Waals surface area contributed by atoms with Gasteiger partial charge in [0.2, 0.25) is 0 Å². The molecule has 0 saturated heterocycles. The lowest BCUT2D eigenvalue weighted by Crippen LogP contribution is -2.36. The van der Waals surface area contributed by atoms with E-state index in [9.17, 15) is 4.79 Å². The van der Waals surface area contributed by atoms with Gasteiger partial charge in [-0.3, -0.25) is 4.90 Å². The first-order valence-corrected chi connectivity index (χ1v) is 6.50. The zero-order chi connectivity index (χ0) is 13.1. The van der Waals surface area contributed by atoms with Crippen LogP contribution in [0.25, 0.3) is 5.70 Å². The van der Waals surface area contributed by atoms with Crippen molar-refractivity contribution in [3.05, 3.63) is 34.9 Å². The number of carbonyl (C=O) groups is 1. The average molecular weight is 266 g/mol. The van der Waals surface area contributed by atoms with Gasteiger partial charge in [-0.15, -0.1) is 0 Å². The summed E-state index contributed by atoms with van der Waals surface area (Å²) in [5.41, 5.74) is 1.75. The van der Waals surface area contributed by atoms with Crippen LogP contribution < -0.4 is 4.74 Å². The van der Waals surface area contributed by atoms with Crippen LogP contribution in [0.4, 0.5) is 4.79 Å². The SMILES string of the molecule is C/C=C1/c2cc(Cl)ccc2OC(=O)N1CCCC. The minimum Gasteiger partial charge on any atom is -0.409 e. The Balaban J connectivity index is 2.40. The highest BCUT2D eigenvalue weighted by Crippen LogP contribution is 2.35. The van der Waals surface area contributed by atoms with Gasteiger partial charge >= 0.3 is 6.09 Å². The molecule has 0 spiro atoms. The van der Waals surface area contributed by atoms with E-state index in [1.165, 1.54) is 0 Å². The van der Waals surface area contributed by atoms with Crippen molar-refractivity contribution in [2.75, 3.05) is 6.54 Å². The van der Waals surface area contributed by atoms with Crippen LogP contribution in [0.5, 0.6) is 5.75 Å². The fraction of sp³-hybridized carbons (Fsp3) is 0.357. The molecule has 0 unspecified atom stereocenters. The molecule has 1 aromatic rings. The quantitative estimate of drug-likeness (QED) is 0.815. The molecule has 1 aliphatic heterocycles. The van der Waals surface area contributed by atoms with E-state index in [1.807, 2.05) is 19.1 Å². The van der Waals surface area contributed by atoms with Gasteiger partial charge in [-0.05, 0) is 31.5 Å². The van der Waals surface area contributed by atoms with Crippen molar-refractivity contribution in [2.45, 2.75) is 26.7 Å². The first-order chi connectivity index (χ1) is 8.67. The zero-order valence-electron chi connectivity index (χ0n) is 10.6. The molecule has 0 saturated carbocycles. The smallest absolute Gasteiger partial charge is 0.409 e. The molecule has 1 aliphatic rings. The van der Waals surface area contributed by atoms with E-state index in [2.05, 4.69) is 6.92 Å². The number of rotatable bonds is 3. The van der Waals surface area contributed by atoms with Gasteiger partial charge < -0.3 is 4.74 Å². The number of halogens is 1. The van der Waals surface area contributed by atoms with Crippen molar-refractivity contribution in [3.8, 4) is 5.75 Å². The molecule has 1 aromatic carbocycles. The Kier molecular flexibility index (Phi) is 3.92. The standard InChI is InChI=1S/C14H16ClNO2/c1-3-5-8-16-12(4-2)11-9-10(15)6-7-13(11)18-14(16)17/h4,6-7,9H,3,5,8H2,1-2H3/b12-4-. The van der Waals surface area contributed by atoms with E-state index in [4.69, 9.17) is 16.3 Å². The minimum atomic E-state index is -0.314. The van der Waals surface area contributed by atoms with Gasteiger partial charge in [-0.2, -0.15) is 0 Å². The van der Waals surface area contributed by atoms with Crippen molar-refractivity contribution in [1.82, 2.24) is 4.90 Å². The molecule has 96 valence electrons. The lowest BCUT2D eigenvalue weighted by molar-refractivity contribution is 0.167. The molecule has 0 radical (unpaired) electrons. The monoisotopic (exact) mass is 265 g/mol. The maximum Gasteiger partial charge on any atom is 0.419 e. The van der Waals surface area contributed by atoms with E-state index < -0.39 is 0 Å². The first-order valence-electron chi connectivity index (χ1n) is 6.13. The van der Waals surface area contributed by atoms with Crippen LogP contribution >= 0.6 is 11.6 Å². The molecule has 1 heterocycles. The van der Waals surface area contributed by atoms with Crippen molar-refractivity contribution < 1.29 is 9.53 Å². The Morgan fingerprint density at radius 3 is 2.89 bits per heavy atom. The number of benzene rings is 1. The van der Waals surface area contributed by atoms with Crippen LogP contribution in [-0.4, -0.2) is 17.5 Å². The molecule has 0 aromatic heterocycles. The number of amides is 1. The van der Waals surface area contributed by atoms with Crippen LogP contribution in [0, 0.1) is 0 Å². The van der Waals surface area contributed by atoms with Gasteiger partial charge in [0.1, 0.15) is 5.75 Å². The maximum absolute atomic E-state index is 11.9. The molecule has 0 aliphatic carbocycles. The molecular formula is C14H16ClNO2. The van der Waals surface area contributed by atoms with E-state index in [0.717, 1.165) is 24.1 Å². The number of allylic oxidation sites excluding steroid dienone is 1. The Hall–Kier alpha value is -1.48. The highest BCUT2D eigenvalue weighted by molar-refractivity contribution is 6.30.